The van der Waals surface area contributed by atoms with Gasteiger partial charge in [-0.3, -0.25) is 4.79 Å². The van der Waals surface area contributed by atoms with E-state index in [1.54, 1.807) is 0 Å². The van der Waals surface area contributed by atoms with E-state index in [-0.39, 0.29) is 5.91 Å². The Morgan fingerprint density at radius 2 is 1.76 bits per heavy atom. The first-order valence-corrected chi connectivity index (χ1v) is 7.25. The van der Waals surface area contributed by atoms with Crippen molar-refractivity contribution in [2.24, 2.45) is 11.3 Å². The molecule has 0 aliphatic heterocycles. The number of carbonyl (C=O) groups is 1. The molecule has 0 bridgehead atoms. The van der Waals surface area contributed by atoms with Gasteiger partial charge in [-0.1, -0.05) is 26.7 Å². The Bertz CT molecular complexity index is 289. The average molecular weight is 280 g/mol. The molecule has 1 amide bonds. The Hall–Kier alpha value is 0.0500. The highest BCUT2D eigenvalue weighted by molar-refractivity contribution is 6.53. The van der Waals surface area contributed by atoms with Crippen LogP contribution in [0.15, 0.2) is 0 Å². The zero-order valence-electron chi connectivity index (χ0n) is 11.2. The fourth-order valence-corrected chi connectivity index (χ4v) is 2.89. The van der Waals surface area contributed by atoms with Gasteiger partial charge in [-0.2, -0.15) is 0 Å². The molecule has 0 N–H and O–H groups in total. The molecule has 0 aromatic heterocycles. The highest BCUT2D eigenvalue weighted by atomic mass is 35.5. The number of amides is 1. The molecule has 0 spiro atoms. The van der Waals surface area contributed by atoms with Gasteiger partial charge in [-0.25, -0.2) is 0 Å². The molecule has 4 heteroatoms. The zero-order chi connectivity index (χ0) is 13.3. The van der Waals surface area contributed by atoms with Crippen LogP contribution in [0.3, 0.4) is 0 Å². The first-order chi connectivity index (χ1) is 7.82. The molecule has 0 aromatic carbocycles. The molecule has 1 rings (SSSR count). The summed E-state index contributed by atoms with van der Waals surface area (Å²) >= 11 is 12.1. The van der Waals surface area contributed by atoms with Crippen molar-refractivity contribution >= 4 is 29.1 Å². The number of alkyl halides is 2. The second kappa shape index (κ2) is 5.36. The van der Waals surface area contributed by atoms with E-state index in [2.05, 4.69) is 13.8 Å². The summed E-state index contributed by atoms with van der Waals surface area (Å²) in [5.74, 6) is 0.679. The third-order valence-electron chi connectivity index (χ3n) is 4.03. The van der Waals surface area contributed by atoms with Gasteiger partial charge in [0, 0.05) is 13.1 Å². The number of nitrogens with zero attached hydrogens (tertiary/aromatic N) is 1. The van der Waals surface area contributed by atoms with Crippen molar-refractivity contribution in [1.29, 1.82) is 0 Å². The van der Waals surface area contributed by atoms with Crippen LogP contribution in [0.2, 0.25) is 0 Å². The number of rotatable bonds is 6. The highest BCUT2D eigenvalue weighted by Gasteiger charge is 2.68. The average Bonchev–Trinajstić information content (AvgIpc) is 2.81. The minimum atomic E-state index is -0.856. The SMILES string of the molecule is CCC(CC)CN(CC)C(=O)C1(C)CC1(Cl)Cl. The molecule has 0 radical (unpaired) electrons. The third kappa shape index (κ3) is 2.90. The first kappa shape index (κ1) is 15.1. The third-order valence-corrected chi connectivity index (χ3v) is 5.13. The van der Waals surface area contributed by atoms with Crippen LogP contribution in [0.1, 0.15) is 47.0 Å². The molecule has 1 unspecified atom stereocenters. The zero-order valence-corrected chi connectivity index (χ0v) is 12.7. The molecule has 17 heavy (non-hydrogen) atoms. The maximum Gasteiger partial charge on any atom is 0.231 e. The topological polar surface area (TPSA) is 20.3 Å². The summed E-state index contributed by atoms with van der Waals surface area (Å²) in [4.78, 5) is 14.3. The number of carbonyl (C=O) groups excluding carboxylic acids is 1. The van der Waals surface area contributed by atoms with Crippen molar-refractivity contribution in [2.45, 2.75) is 51.3 Å². The van der Waals surface area contributed by atoms with Crippen LogP contribution in [0.5, 0.6) is 0 Å². The van der Waals surface area contributed by atoms with Crippen molar-refractivity contribution in [2.75, 3.05) is 13.1 Å². The van der Waals surface area contributed by atoms with Crippen molar-refractivity contribution in [1.82, 2.24) is 4.90 Å². The molecule has 100 valence electrons. The van der Waals surface area contributed by atoms with Gasteiger partial charge in [0.25, 0.3) is 0 Å². The largest absolute Gasteiger partial charge is 0.342 e. The quantitative estimate of drug-likeness (QED) is 0.677. The van der Waals surface area contributed by atoms with Crippen LogP contribution in [-0.4, -0.2) is 28.2 Å². The fourth-order valence-electron chi connectivity index (χ4n) is 2.20. The maximum atomic E-state index is 12.4. The van der Waals surface area contributed by atoms with Crippen molar-refractivity contribution in [3.05, 3.63) is 0 Å². The van der Waals surface area contributed by atoms with E-state index >= 15 is 0 Å². The molecule has 1 atom stereocenters. The second-order valence-corrected chi connectivity index (χ2v) is 6.72. The maximum absolute atomic E-state index is 12.4. The van der Waals surface area contributed by atoms with Gasteiger partial charge < -0.3 is 4.90 Å². The molecule has 1 fully saturated rings. The highest BCUT2D eigenvalue weighted by Crippen LogP contribution is 2.64. The lowest BCUT2D eigenvalue weighted by Gasteiger charge is -2.28. The lowest BCUT2D eigenvalue weighted by molar-refractivity contribution is -0.137. The molecular weight excluding hydrogens is 257 g/mol. The minimum Gasteiger partial charge on any atom is -0.342 e. The van der Waals surface area contributed by atoms with Gasteiger partial charge in [0.05, 0.1) is 5.41 Å². The van der Waals surface area contributed by atoms with Gasteiger partial charge in [-0.15, -0.1) is 23.2 Å². The van der Waals surface area contributed by atoms with Crippen LogP contribution < -0.4 is 0 Å². The predicted molar refractivity (Wildman–Crippen MR) is 73.5 cm³/mol. The summed E-state index contributed by atoms with van der Waals surface area (Å²) < 4.78 is -0.856. The molecule has 1 saturated carbocycles. The summed E-state index contributed by atoms with van der Waals surface area (Å²) in [7, 11) is 0. The Balaban J connectivity index is 2.66. The van der Waals surface area contributed by atoms with E-state index in [9.17, 15) is 4.79 Å². The molecule has 0 heterocycles. The lowest BCUT2D eigenvalue weighted by atomic mass is 10.0. The summed E-state index contributed by atoms with van der Waals surface area (Å²) in [6.07, 6.45) is 2.77. The second-order valence-electron chi connectivity index (χ2n) is 5.24. The molecule has 0 saturated heterocycles. The Morgan fingerprint density at radius 3 is 2.06 bits per heavy atom. The molecule has 1 aliphatic carbocycles. The summed E-state index contributed by atoms with van der Waals surface area (Å²) in [6.45, 7) is 9.76. The van der Waals surface area contributed by atoms with E-state index < -0.39 is 9.75 Å². The van der Waals surface area contributed by atoms with E-state index in [0.29, 0.717) is 12.3 Å². The van der Waals surface area contributed by atoms with E-state index in [1.807, 2.05) is 18.7 Å². The first-order valence-electron chi connectivity index (χ1n) is 6.49. The monoisotopic (exact) mass is 279 g/mol. The predicted octanol–water partition coefficient (Wildman–Crippen LogP) is 3.86. The molecular formula is C13H23Cl2NO. The summed E-state index contributed by atoms with van der Waals surface area (Å²) in [5.41, 5.74) is -0.571. The van der Waals surface area contributed by atoms with Gasteiger partial charge in [0.1, 0.15) is 4.33 Å². The Labute approximate surface area is 115 Å². The van der Waals surface area contributed by atoms with Gasteiger partial charge in [0.15, 0.2) is 0 Å². The van der Waals surface area contributed by atoms with Gasteiger partial charge >= 0.3 is 0 Å². The normalized spacial score (nSPS) is 26.1. The standard InChI is InChI=1S/C13H23Cl2NO/c1-5-10(6-2)8-16(7-3)11(17)12(4)9-13(12,14)15/h10H,5-9H2,1-4H3. The number of hydrogen-bond donors (Lipinski definition) is 0. The van der Waals surface area contributed by atoms with Crippen LogP contribution in [0, 0.1) is 11.3 Å². The van der Waals surface area contributed by atoms with Gasteiger partial charge in [-0.05, 0) is 26.2 Å². The number of halogens is 2. The smallest absolute Gasteiger partial charge is 0.231 e. The minimum absolute atomic E-state index is 0.108. The van der Waals surface area contributed by atoms with E-state index in [1.165, 1.54) is 0 Å². The Morgan fingerprint density at radius 1 is 1.29 bits per heavy atom. The van der Waals surface area contributed by atoms with E-state index in [4.69, 9.17) is 23.2 Å². The van der Waals surface area contributed by atoms with Crippen LogP contribution in [0.25, 0.3) is 0 Å². The van der Waals surface area contributed by atoms with Crippen molar-refractivity contribution in [3.63, 3.8) is 0 Å². The molecule has 0 aromatic rings. The van der Waals surface area contributed by atoms with E-state index in [0.717, 1.165) is 25.9 Å². The molecule has 2 nitrogen and oxygen atoms in total. The number of hydrogen-bond acceptors (Lipinski definition) is 1. The van der Waals surface area contributed by atoms with Crippen LogP contribution >= 0.6 is 23.2 Å². The summed E-state index contributed by atoms with van der Waals surface area (Å²) in [5, 5.41) is 0. The van der Waals surface area contributed by atoms with Crippen LogP contribution in [-0.2, 0) is 4.79 Å². The van der Waals surface area contributed by atoms with Crippen molar-refractivity contribution in [3.8, 4) is 0 Å². The van der Waals surface area contributed by atoms with Crippen molar-refractivity contribution < 1.29 is 4.79 Å². The summed E-state index contributed by atoms with van der Waals surface area (Å²) in [6, 6.07) is 0. The lowest BCUT2D eigenvalue weighted by Crippen LogP contribution is -2.40. The van der Waals surface area contributed by atoms with Crippen LogP contribution in [0.4, 0.5) is 0 Å². The van der Waals surface area contributed by atoms with Gasteiger partial charge in [0.2, 0.25) is 5.91 Å². The fraction of sp³-hybridized carbons (Fsp3) is 0.923. The molecule has 1 aliphatic rings. The Kier molecular flexibility index (Phi) is 4.76.